The van der Waals surface area contributed by atoms with Crippen LogP contribution < -0.4 is 16.8 Å². The molecule has 18 heavy (non-hydrogen) atoms. The molecule has 90 valence electrons. The van der Waals surface area contributed by atoms with Crippen molar-refractivity contribution in [1.29, 1.82) is 5.26 Å². The van der Waals surface area contributed by atoms with Crippen LogP contribution in [0.25, 0.3) is 0 Å². The van der Waals surface area contributed by atoms with Gasteiger partial charge in [-0.15, -0.1) is 0 Å². The highest BCUT2D eigenvalue weighted by atomic mass is 35.5. The molecule has 0 aliphatic carbocycles. The van der Waals surface area contributed by atoms with E-state index < -0.39 is 0 Å². The number of nitrogens with one attached hydrogen (secondary N) is 1. The number of rotatable bonds is 2. The van der Waals surface area contributed by atoms with Gasteiger partial charge in [0.2, 0.25) is 0 Å². The maximum Gasteiger partial charge on any atom is 0.0992 e. The van der Waals surface area contributed by atoms with Crippen LogP contribution >= 0.6 is 11.6 Å². The summed E-state index contributed by atoms with van der Waals surface area (Å²) in [5.74, 6) is 0. The minimum Gasteiger partial charge on any atom is -0.397 e. The van der Waals surface area contributed by atoms with E-state index in [4.69, 9.17) is 28.3 Å². The van der Waals surface area contributed by atoms with Crippen LogP contribution in [-0.2, 0) is 0 Å². The normalized spacial score (nSPS) is 9.78. The molecule has 0 radical (unpaired) electrons. The van der Waals surface area contributed by atoms with E-state index in [0.717, 1.165) is 5.69 Å². The molecule has 2 rings (SSSR count). The van der Waals surface area contributed by atoms with Gasteiger partial charge in [-0.1, -0.05) is 11.6 Å². The molecular formula is C13H11ClN4. The Labute approximate surface area is 110 Å². The van der Waals surface area contributed by atoms with Gasteiger partial charge in [-0.3, -0.25) is 0 Å². The number of hydrogen-bond acceptors (Lipinski definition) is 4. The van der Waals surface area contributed by atoms with Crippen molar-refractivity contribution in [3.8, 4) is 6.07 Å². The van der Waals surface area contributed by atoms with Crippen LogP contribution in [-0.4, -0.2) is 0 Å². The van der Waals surface area contributed by atoms with Crippen molar-refractivity contribution in [1.82, 2.24) is 0 Å². The highest BCUT2D eigenvalue weighted by molar-refractivity contribution is 6.33. The third-order valence-electron chi connectivity index (χ3n) is 2.46. The lowest BCUT2D eigenvalue weighted by Gasteiger charge is -2.10. The first-order chi connectivity index (χ1) is 8.60. The smallest absolute Gasteiger partial charge is 0.0992 e. The topological polar surface area (TPSA) is 87.9 Å². The van der Waals surface area contributed by atoms with E-state index >= 15 is 0 Å². The lowest BCUT2D eigenvalue weighted by molar-refractivity contribution is 1.47. The van der Waals surface area contributed by atoms with Crippen molar-refractivity contribution in [2.24, 2.45) is 0 Å². The van der Waals surface area contributed by atoms with E-state index in [9.17, 15) is 0 Å². The highest BCUT2D eigenvalue weighted by Gasteiger charge is 2.03. The van der Waals surface area contributed by atoms with Gasteiger partial charge in [-0.25, -0.2) is 0 Å². The summed E-state index contributed by atoms with van der Waals surface area (Å²) < 4.78 is 0. The van der Waals surface area contributed by atoms with Gasteiger partial charge in [0.1, 0.15) is 0 Å². The molecule has 0 saturated heterocycles. The number of nitrogens with zero attached hydrogens (tertiary/aromatic N) is 1. The van der Waals surface area contributed by atoms with Crippen molar-refractivity contribution in [2.45, 2.75) is 0 Å². The fourth-order valence-corrected chi connectivity index (χ4v) is 1.66. The molecule has 0 amide bonds. The minimum atomic E-state index is 0.493. The second-order valence-electron chi connectivity index (χ2n) is 3.78. The maximum atomic E-state index is 8.84. The monoisotopic (exact) mass is 258 g/mol. The van der Waals surface area contributed by atoms with E-state index in [2.05, 4.69) is 11.4 Å². The van der Waals surface area contributed by atoms with E-state index in [1.54, 1.807) is 36.4 Å². The first kappa shape index (κ1) is 12.1. The SMILES string of the molecule is N#Cc1ccc(Cl)c(Nc2ccc(N)c(N)c2)c1. The third kappa shape index (κ3) is 2.47. The van der Waals surface area contributed by atoms with Crippen molar-refractivity contribution >= 4 is 34.4 Å². The largest absolute Gasteiger partial charge is 0.397 e. The average Bonchev–Trinajstić information content (AvgIpc) is 2.36. The van der Waals surface area contributed by atoms with E-state index in [-0.39, 0.29) is 0 Å². The lowest BCUT2D eigenvalue weighted by Crippen LogP contribution is -1.97. The van der Waals surface area contributed by atoms with Crippen LogP contribution in [0.5, 0.6) is 0 Å². The summed E-state index contributed by atoms with van der Waals surface area (Å²) in [4.78, 5) is 0. The Morgan fingerprint density at radius 2 is 1.83 bits per heavy atom. The molecule has 4 nitrogen and oxygen atoms in total. The number of nitriles is 1. The molecule has 0 atom stereocenters. The number of nitrogens with two attached hydrogens (primary N) is 2. The van der Waals surface area contributed by atoms with Crippen LogP contribution in [0.4, 0.5) is 22.7 Å². The van der Waals surface area contributed by atoms with Crippen molar-refractivity contribution in [3.05, 3.63) is 47.0 Å². The Hall–Kier alpha value is -2.38. The summed E-state index contributed by atoms with van der Waals surface area (Å²) in [7, 11) is 0. The molecule has 0 aromatic heterocycles. The molecule has 0 heterocycles. The Balaban J connectivity index is 2.33. The second-order valence-corrected chi connectivity index (χ2v) is 4.18. The van der Waals surface area contributed by atoms with Crippen LogP contribution in [0.2, 0.25) is 5.02 Å². The molecule has 0 unspecified atom stereocenters. The first-order valence-electron chi connectivity index (χ1n) is 5.22. The molecule has 0 spiro atoms. The Morgan fingerprint density at radius 1 is 1.06 bits per heavy atom. The van der Waals surface area contributed by atoms with E-state index in [1.165, 1.54) is 0 Å². The summed E-state index contributed by atoms with van der Waals surface area (Å²) in [5.41, 5.74) is 14.3. The maximum absolute atomic E-state index is 8.84. The summed E-state index contributed by atoms with van der Waals surface area (Å²) in [6.07, 6.45) is 0. The second kappa shape index (κ2) is 4.86. The zero-order valence-corrected chi connectivity index (χ0v) is 10.2. The van der Waals surface area contributed by atoms with Gasteiger partial charge < -0.3 is 16.8 Å². The van der Waals surface area contributed by atoms with Crippen molar-refractivity contribution < 1.29 is 0 Å². The average molecular weight is 259 g/mol. The van der Waals surface area contributed by atoms with Crippen molar-refractivity contribution in [3.63, 3.8) is 0 Å². The molecule has 0 aliphatic rings. The van der Waals surface area contributed by atoms with Crippen LogP contribution in [0, 0.1) is 11.3 Å². The number of nitrogen functional groups attached to an aromatic ring is 2. The minimum absolute atomic E-state index is 0.493. The highest BCUT2D eigenvalue weighted by Crippen LogP contribution is 2.28. The number of benzene rings is 2. The molecule has 0 saturated carbocycles. The Morgan fingerprint density at radius 3 is 2.50 bits per heavy atom. The Bertz CT molecular complexity index is 631. The fraction of sp³-hybridized carbons (Fsp3) is 0. The molecule has 5 N–H and O–H groups in total. The molecular weight excluding hydrogens is 248 g/mol. The predicted octanol–water partition coefficient (Wildman–Crippen LogP) is 3.12. The molecule has 2 aromatic rings. The van der Waals surface area contributed by atoms with Crippen molar-refractivity contribution in [2.75, 3.05) is 16.8 Å². The molecule has 2 aromatic carbocycles. The number of halogens is 1. The Kier molecular flexibility index (Phi) is 3.26. The first-order valence-corrected chi connectivity index (χ1v) is 5.59. The summed E-state index contributed by atoms with van der Waals surface area (Å²) in [6.45, 7) is 0. The van der Waals surface area contributed by atoms with Gasteiger partial charge in [0.25, 0.3) is 0 Å². The summed E-state index contributed by atoms with van der Waals surface area (Å²) in [5, 5.41) is 12.5. The summed E-state index contributed by atoms with van der Waals surface area (Å²) in [6, 6.07) is 12.3. The quantitative estimate of drug-likeness (QED) is 0.722. The van der Waals surface area contributed by atoms with Crippen LogP contribution in [0.15, 0.2) is 36.4 Å². The standard InChI is InChI=1S/C13H11ClN4/c14-10-3-1-8(7-15)5-13(10)18-9-2-4-11(16)12(17)6-9/h1-6,18H,16-17H2. The van der Waals surface area contributed by atoms with E-state index in [1.807, 2.05) is 0 Å². The van der Waals surface area contributed by atoms with Crippen LogP contribution in [0.1, 0.15) is 5.56 Å². The van der Waals surface area contributed by atoms with Gasteiger partial charge in [0.15, 0.2) is 0 Å². The third-order valence-corrected chi connectivity index (χ3v) is 2.79. The zero-order valence-electron chi connectivity index (χ0n) is 9.44. The number of anilines is 4. The zero-order chi connectivity index (χ0) is 13.1. The van der Waals surface area contributed by atoms with E-state index in [0.29, 0.717) is 27.6 Å². The lowest BCUT2D eigenvalue weighted by atomic mass is 10.2. The summed E-state index contributed by atoms with van der Waals surface area (Å²) >= 11 is 6.05. The van der Waals surface area contributed by atoms with Gasteiger partial charge in [-0.2, -0.15) is 5.26 Å². The predicted molar refractivity (Wildman–Crippen MR) is 74.7 cm³/mol. The van der Waals surface area contributed by atoms with Gasteiger partial charge in [0.05, 0.1) is 33.7 Å². The van der Waals surface area contributed by atoms with Gasteiger partial charge >= 0.3 is 0 Å². The fourth-order valence-electron chi connectivity index (χ4n) is 1.50. The van der Waals surface area contributed by atoms with Gasteiger partial charge in [0, 0.05) is 5.69 Å². The van der Waals surface area contributed by atoms with Gasteiger partial charge in [-0.05, 0) is 36.4 Å². The number of hydrogen-bond donors (Lipinski definition) is 3. The molecule has 0 aliphatic heterocycles. The molecule has 0 fully saturated rings. The molecule has 0 bridgehead atoms. The molecule has 5 heteroatoms. The van der Waals surface area contributed by atoms with Crippen LogP contribution in [0.3, 0.4) is 0 Å².